The lowest BCUT2D eigenvalue weighted by Crippen LogP contribution is -2.55. The molecule has 3 aromatic carbocycles. The number of aryl methyl sites for hydroxylation is 1. The number of amides is 2. The van der Waals surface area contributed by atoms with Gasteiger partial charge in [0.15, 0.2) is 28.6 Å². The molecule has 10 rings (SSSR count). The summed E-state index contributed by atoms with van der Waals surface area (Å²) in [6.07, 6.45) is -0.308. The van der Waals surface area contributed by atoms with Gasteiger partial charge in [-0.25, -0.2) is 4.98 Å². The summed E-state index contributed by atoms with van der Waals surface area (Å²) in [6, 6.07) is 13.6. The number of oxazole rings is 2. The average molecular weight is 828 g/mol. The Labute approximate surface area is 341 Å². The highest BCUT2D eigenvalue weighted by molar-refractivity contribution is 6.38. The van der Waals surface area contributed by atoms with Crippen LogP contribution in [0.2, 0.25) is 15.3 Å². The van der Waals surface area contributed by atoms with E-state index in [1.807, 2.05) is 74.0 Å². The molecular formula is C42H37Cl3N6O6. The molecule has 1 spiro atoms. The molecular weight excluding hydrogens is 791 g/mol. The summed E-state index contributed by atoms with van der Waals surface area (Å²) >= 11 is 21.3. The summed E-state index contributed by atoms with van der Waals surface area (Å²) in [6.45, 7) is 7.33. The van der Waals surface area contributed by atoms with Crippen molar-refractivity contribution in [2.45, 2.75) is 76.3 Å². The topological polar surface area (TPSA) is 157 Å². The lowest BCUT2D eigenvalue weighted by Gasteiger charge is -2.30. The van der Waals surface area contributed by atoms with Crippen LogP contribution in [0, 0.1) is 5.92 Å². The van der Waals surface area contributed by atoms with Crippen LogP contribution in [-0.2, 0) is 28.5 Å². The summed E-state index contributed by atoms with van der Waals surface area (Å²) in [5, 5.41) is 22.6. The van der Waals surface area contributed by atoms with E-state index in [1.54, 1.807) is 13.8 Å². The first kappa shape index (κ1) is 36.3. The molecule has 0 saturated heterocycles. The molecule has 4 aliphatic heterocycles. The number of hydrogen-bond acceptors (Lipinski definition) is 9. The van der Waals surface area contributed by atoms with Crippen molar-refractivity contribution < 1.29 is 28.3 Å². The summed E-state index contributed by atoms with van der Waals surface area (Å²) in [7, 11) is 1.87. The van der Waals surface area contributed by atoms with E-state index in [1.165, 1.54) is 0 Å². The van der Waals surface area contributed by atoms with Crippen molar-refractivity contribution in [3.8, 4) is 39.8 Å². The fraction of sp³-hybridized carbons (Fsp3) is 0.333. The molecule has 2 amide bonds. The van der Waals surface area contributed by atoms with Crippen molar-refractivity contribution in [2.75, 3.05) is 5.32 Å². The maximum atomic E-state index is 14.4. The van der Waals surface area contributed by atoms with Gasteiger partial charge in [0.25, 0.3) is 11.8 Å². The number of aromatic nitrogens is 3. The van der Waals surface area contributed by atoms with Gasteiger partial charge in [-0.2, -0.15) is 4.98 Å². The number of nitrogens with zero attached hydrogens (tertiary/aromatic N) is 3. The molecule has 0 fully saturated rings. The molecule has 7 heterocycles. The Bertz CT molecular complexity index is 2730. The van der Waals surface area contributed by atoms with E-state index in [9.17, 15) is 14.7 Å². The van der Waals surface area contributed by atoms with Crippen LogP contribution < -0.4 is 20.7 Å². The van der Waals surface area contributed by atoms with Gasteiger partial charge in [-0.1, -0.05) is 86.8 Å². The highest BCUT2D eigenvalue weighted by Gasteiger charge is 2.62. The van der Waals surface area contributed by atoms with Crippen LogP contribution in [0.4, 0.5) is 5.69 Å². The van der Waals surface area contributed by atoms with Gasteiger partial charge < -0.3 is 39.2 Å². The number of hydrogen-bond donors (Lipinski definition) is 4. The van der Waals surface area contributed by atoms with Gasteiger partial charge >= 0.3 is 0 Å². The third kappa shape index (κ3) is 4.90. The minimum absolute atomic E-state index is 0.0735. The predicted octanol–water partition coefficient (Wildman–Crippen LogP) is 8.31. The highest BCUT2D eigenvalue weighted by atomic mass is 35.5. The van der Waals surface area contributed by atoms with E-state index in [-0.39, 0.29) is 53.6 Å². The van der Waals surface area contributed by atoms with Crippen molar-refractivity contribution in [1.29, 1.82) is 0 Å². The molecule has 4 atom stereocenters. The number of nitrogens with one attached hydrogen (secondary N) is 3. The second-order valence-corrected chi connectivity index (χ2v) is 16.8. The first-order chi connectivity index (χ1) is 27.3. The standard InChI is InChI=1S/C42H37Cl3N6O6/c1-6-41(54,7-2)39(53)46-24-14-18-11-12-26-22(13-18)42-23-16-19(43)15-21(30(23)49-40(42)55-26)20-9-8-10-25-27(20)28(35(45)51(25)5)32-34(44)50-38(56-32)31-33(42)57-37(48-31)29(17(3)4)47-36(24)52/h8-13,15-17,24,29,40,49,54H,6-7,14H2,1-5H3,(H,46,53)(H,47,52). The van der Waals surface area contributed by atoms with Crippen molar-refractivity contribution in [2.24, 2.45) is 13.0 Å². The Morgan fingerprint density at radius 1 is 1.05 bits per heavy atom. The van der Waals surface area contributed by atoms with Crippen molar-refractivity contribution in [3.05, 3.63) is 92.2 Å². The first-order valence-electron chi connectivity index (χ1n) is 19.0. The molecule has 3 aromatic heterocycles. The second kappa shape index (κ2) is 12.5. The van der Waals surface area contributed by atoms with Crippen molar-refractivity contribution >= 4 is 63.2 Å². The predicted molar refractivity (Wildman–Crippen MR) is 216 cm³/mol. The van der Waals surface area contributed by atoms with Crippen LogP contribution in [0.15, 0.2) is 57.4 Å². The Morgan fingerprint density at radius 3 is 2.60 bits per heavy atom. The van der Waals surface area contributed by atoms with Gasteiger partial charge in [-0.3, -0.25) is 9.59 Å². The zero-order valence-corrected chi connectivity index (χ0v) is 33.8. The Morgan fingerprint density at radius 2 is 1.84 bits per heavy atom. The van der Waals surface area contributed by atoms with Crippen LogP contribution in [-0.4, -0.2) is 49.3 Å². The lowest BCUT2D eigenvalue weighted by atomic mass is 9.72. The van der Waals surface area contributed by atoms with E-state index < -0.39 is 41.1 Å². The molecule has 292 valence electrons. The number of rotatable bonds is 5. The molecule has 0 radical (unpaired) electrons. The maximum absolute atomic E-state index is 14.4. The molecule has 4 unspecified atom stereocenters. The normalized spacial score (nSPS) is 21.4. The number of benzene rings is 3. The maximum Gasteiger partial charge on any atom is 0.252 e. The average Bonchev–Trinajstić information content (AvgIpc) is 3.99. The van der Waals surface area contributed by atoms with E-state index >= 15 is 0 Å². The van der Waals surface area contributed by atoms with Crippen LogP contribution in [0.3, 0.4) is 0 Å². The SMILES string of the molecule is CCC(O)(CC)C(=O)NC1Cc2ccc3c(c2)C24c5cc(Cl)cc(c5NC2O3)-c2cccc3c2c(c(Cl)n3C)-c2oc(nc2Cl)-c2nc(oc24)C(C(C)C)NC1=O. The zero-order valence-electron chi connectivity index (χ0n) is 31.5. The van der Waals surface area contributed by atoms with Gasteiger partial charge in [0, 0.05) is 46.3 Å². The first-order valence-corrected chi connectivity index (χ1v) is 20.1. The molecule has 6 aromatic rings. The van der Waals surface area contributed by atoms with Gasteiger partial charge in [-0.15, -0.1) is 0 Å². The number of aliphatic hydroxyl groups is 1. The van der Waals surface area contributed by atoms with E-state index in [0.29, 0.717) is 27.2 Å². The van der Waals surface area contributed by atoms with Crippen LogP contribution in [0.25, 0.3) is 44.9 Å². The fourth-order valence-electron chi connectivity index (χ4n) is 9.08. The number of carbonyl (C=O) groups excluding carboxylic acids is 2. The largest absolute Gasteiger partial charge is 0.469 e. The summed E-state index contributed by atoms with van der Waals surface area (Å²) in [4.78, 5) is 37.8. The Balaban J connectivity index is 1.31. The van der Waals surface area contributed by atoms with Crippen molar-refractivity contribution in [3.63, 3.8) is 0 Å². The zero-order chi connectivity index (χ0) is 39.9. The number of halogens is 3. The second-order valence-electron chi connectivity index (χ2n) is 15.6. The minimum Gasteiger partial charge on any atom is -0.469 e. The molecule has 15 heteroatoms. The third-order valence-electron chi connectivity index (χ3n) is 12.3. The van der Waals surface area contributed by atoms with E-state index in [0.717, 1.165) is 44.4 Å². The molecule has 12 nitrogen and oxygen atoms in total. The Kier molecular flexibility index (Phi) is 7.97. The molecule has 57 heavy (non-hydrogen) atoms. The summed E-state index contributed by atoms with van der Waals surface area (Å²) in [5.74, 6) is 0.0746. The minimum atomic E-state index is -1.65. The fourth-order valence-corrected chi connectivity index (χ4v) is 9.78. The van der Waals surface area contributed by atoms with E-state index in [4.69, 9.17) is 58.3 Å². The summed E-state index contributed by atoms with van der Waals surface area (Å²) in [5.41, 5.74) is 3.33. The van der Waals surface area contributed by atoms with Gasteiger partial charge in [0.1, 0.15) is 34.0 Å². The van der Waals surface area contributed by atoms with Crippen molar-refractivity contribution in [1.82, 2.24) is 25.2 Å². The van der Waals surface area contributed by atoms with Gasteiger partial charge in [-0.05, 0) is 54.2 Å². The summed E-state index contributed by atoms with van der Waals surface area (Å²) < 4.78 is 22.4. The van der Waals surface area contributed by atoms with E-state index in [2.05, 4.69) is 16.0 Å². The molecule has 0 saturated carbocycles. The monoisotopic (exact) mass is 826 g/mol. The molecule has 0 aliphatic carbocycles. The molecule has 4 aliphatic rings. The quantitative estimate of drug-likeness (QED) is 0.134. The van der Waals surface area contributed by atoms with Crippen LogP contribution in [0.5, 0.6) is 5.75 Å². The Hall–Kier alpha value is -5.01. The lowest BCUT2D eigenvalue weighted by molar-refractivity contribution is -0.143. The van der Waals surface area contributed by atoms with Gasteiger partial charge in [0.2, 0.25) is 11.8 Å². The highest BCUT2D eigenvalue weighted by Crippen LogP contribution is 2.62. The smallest absolute Gasteiger partial charge is 0.252 e. The van der Waals surface area contributed by atoms with Crippen LogP contribution in [0.1, 0.15) is 74.9 Å². The van der Waals surface area contributed by atoms with Crippen LogP contribution >= 0.6 is 34.8 Å². The molecule has 4 N–H and O–H groups in total. The van der Waals surface area contributed by atoms with Gasteiger partial charge in [0.05, 0.1) is 11.1 Å². The number of anilines is 1. The number of carbonyl (C=O) groups is 2. The molecule has 10 bridgehead atoms. The number of fused-ring (bicyclic) bond motifs is 7. The third-order valence-corrected chi connectivity index (χ3v) is 13.2. The number of ether oxygens (including phenoxy) is 1.